The van der Waals surface area contributed by atoms with Crippen molar-refractivity contribution in [1.29, 1.82) is 0 Å². The standard InChI is InChI=1S/C19H17N3O2/c1-23-8-9-24-15-6-7-17-18(11-15)22-19(21-17)14-10-13-4-2-3-5-16(13)20-12-14/h2-7,10-12H,8-9H2,1H3,(H,21,22). The van der Waals surface area contributed by atoms with Crippen LogP contribution in [-0.4, -0.2) is 35.3 Å². The van der Waals surface area contributed by atoms with Gasteiger partial charge in [0.2, 0.25) is 0 Å². The Morgan fingerprint density at radius 3 is 2.83 bits per heavy atom. The topological polar surface area (TPSA) is 60.0 Å². The number of aromatic amines is 1. The number of methoxy groups -OCH3 is 1. The first-order valence-corrected chi connectivity index (χ1v) is 7.80. The summed E-state index contributed by atoms with van der Waals surface area (Å²) in [5, 5.41) is 1.10. The Bertz CT molecular complexity index is 994. The molecule has 0 spiro atoms. The van der Waals surface area contributed by atoms with Crippen LogP contribution in [0.25, 0.3) is 33.3 Å². The van der Waals surface area contributed by atoms with Gasteiger partial charge in [-0.1, -0.05) is 18.2 Å². The molecule has 4 aromatic rings. The third kappa shape index (κ3) is 2.81. The largest absolute Gasteiger partial charge is 0.491 e. The molecule has 120 valence electrons. The second kappa shape index (κ2) is 6.29. The predicted molar refractivity (Wildman–Crippen MR) is 94.2 cm³/mol. The zero-order chi connectivity index (χ0) is 16.4. The number of nitrogens with one attached hydrogen (secondary N) is 1. The van der Waals surface area contributed by atoms with Gasteiger partial charge >= 0.3 is 0 Å². The van der Waals surface area contributed by atoms with E-state index in [-0.39, 0.29) is 0 Å². The van der Waals surface area contributed by atoms with Crippen LogP contribution in [0.15, 0.2) is 54.7 Å². The van der Waals surface area contributed by atoms with Gasteiger partial charge in [0.05, 0.1) is 23.2 Å². The highest BCUT2D eigenvalue weighted by Crippen LogP contribution is 2.25. The fraction of sp³-hybridized carbons (Fsp3) is 0.158. The second-order valence-electron chi connectivity index (χ2n) is 5.52. The fourth-order valence-electron chi connectivity index (χ4n) is 2.66. The molecule has 0 amide bonds. The highest BCUT2D eigenvalue weighted by Gasteiger charge is 2.08. The molecule has 5 nitrogen and oxygen atoms in total. The molecule has 1 N–H and O–H groups in total. The van der Waals surface area contributed by atoms with Gasteiger partial charge in [-0.15, -0.1) is 0 Å². The van der Waals surface area contributed by atoms with Crippen molar-refractivity contribution in [2.75, 3.05) is 20.3 Å². The molecule has 0 aliphatic heterocycles. The van der Waals surface area contributed by atoms with Crippen LogP contribution in [0.4, 0.5) is 0 Å². The number of para-hydroxylation sites is 1. The van der Waals surface area contributed by atoms with E-state index in [2.05, 4.69) is 27.1 Å². The van der Waals surface area contributed by atoms with Gasteiger partial charge in [0.1, 0.15) is 18.2 Å². The molecule has 2 aromatic carbocycles. The molecule has 0 atom stereocenters. The summed E-state index contributed by atoms with van der Waals surface area (Å²) in [6.45, 7) is 1.09. The van der Waals surface area contributed by atoms with Crippen LogP contribution < -0.4 is 4.74 Å². The number of rotatable bonds is 5. The number of fused-ring (bicyclic) bond motifs is 2. The first-order valence-electron chi connectivity index (χ1n) is 7.80. The SMILES string of the molecule is COCCOc1ccc2nc(-c3cnc4ccccc4c3)[nH]c2c1. The Labute approximate surface area is 139 Å². The summed E-state index contributed by atoms with van der Waals surface area (Å²) >= 11 is 0. The summed E-state index contributed by atoms with van der Waals surface area (Å²) in [5.41, 5.74) is 3.78. The minimum absolute atomic E-state index is 0.525. The van der Waals surface area contributed by atoms with Crippen molar-refractivity contribution in [3.63, 3.8) is 0 Å². The van der Waals surface area contributed by atoms with E-state index < -0.39 is 0 Å². The molecule has 0 fully saturated rings. The molecule has 0 unspecified atom stereocenters. The lowest BCUT2D eigenvalue weighted by atomic mass is 10.1. The lowest BCUT2D eigenvalue weighted by Gasteiger charge is -2.04. The van der Waals surface area contributed by atoms with Crippen LogP contribution in [0.5, 0.6) is 5.75 Å². The number of pyridine rings is 1. The molecule has 24 heavy (non-hydrogen) atoms. The number of hydrogen-bond acceptors (Lipinski definition) is 4. The van der Waals surface area contributed by atoms with Gasteiger partial charge in [-0.2, -0.15) is 0 Å². The number of aromatic nitrogens is 3. The van der Waals surface area contributed by atoms with E-state index in [0.717, 1.165) is 39.1 Å². The van der Waals surface area contributed by atoms with Crippen LogP contribution in [0.3, 0.4) is 0 Å². The molecule has 0 radical (unpaired) electrons. The molecule has 0 saturated carbocycles. The van der Waals surface area contributed by atoms with Crippen molar-refractivity contribution in [3.05, 3.63) is 54.7 Å². The van der Waals surface area contributed by atoms with E-state index in [9.17, 15) is 0 Å². The van der Waals surface area contributed by atoms with Crippen molar-refractivity contribution in [3.8, 4) is 17.1 Å². The fourth-order valence-corrected chi connectivity index (χ4v) is 2.66. The highest BCUT2D eigenvalue weighted by molar-refractivity contribution is 5.85. The molecule has 4 rings (SSSR count). The van der Waals surface area contributed by atoms with E-state index in [4.69, 9.17) is 9.47 Å². The number of benzene rings is 2. The van der Waals surface area contributed by atoms with Crippen LogP contribution in [0.2, 0.25) is 0 Å². The van der Waals surface area contributed by atoms with Crippen LogP contribution in [0, 0.1) is 0 Å². The number of imidazole rings is 1. The zero-order valence-corrected chi connectivity index (χ0v) is 13.3. The second-order valence-corrected chi connectivity index (χ2v) is 5.52. The smallest absolute Gasteiger partial charge is 0.140 e. The lowest BCUT2D eigenvalue weighted by Crippen LogP contribution is -2.03. The number of ether oxygens (including phenoxy) is 2. The van der Waals surface area contributed by atoms with E-state index in [1.54, 1.807) is 7.11 Å². The van der Waals surface area contributed by atoms with Crippen LogP contribution >= 0.6 is 0 Å². The summed E-state index contributed by atoms with van der Waals surface area (Å²) in [4.78, 5) is 12.5. The summed E-state index contributed by atoms with van der Waals surface area (Å²) < 4.78 is 10.6. The van der Waals surface area contributed by atoms with E-state index in [1.807, 2.05) is 42.6 Å². The maximum Gasteiger partial charge on any atom is 0.140 e. The highest BCUT2D eigenvalue weighted by atomic mass is 16.5. The molecule has 5 heteroatoms. The van der Waals surface area contributed by atoms with Gasteiger partial charge in [-0.05, 0) is 24.3 Å². The van der Waals surface area contributed by atoms with Crippen molar-refractivity contribution in [1.82, 2.24) is 15.0 Å². The Balaban J connectivity index is 1.68. The lowest BCUT2D eigenvalue weighted by molar-refractivity contribution is 0.146. The molecule has 0 aliphatic carbocycles. The van der Waals surface area contributed by atoms with Crippen LogP contribution in [0.1, 0.15) is 0 Å². The Hall–Kier alpha value is -2.92. The molecule has 2 heterocycles. The quantitative estimate of drug-likeness (QED) is 0.568. The maximum atomic E-state index is 5.64. The average Bonchev–Trinajstić information content (AvgIpc) is 3.05. The average molecular weight is 319 g/mol. The van der Waals surface area contributed by atoms with Crippen molar-refractivity contribution in [2.45, 2.75) is 0 Å². The molecule has 0 saturated heterocycles. The van der Waals surface area contributed by atoms with Crippen molar-refractivity contribution < 1.29 is 9.47 Å². The molecular weight excluding hydrogens is 302 g/mol. The van der Waals surface area contributed by atoms with Gasteiger partial charge in [0.15, 0.2) is 0 Å². The van der Waals surface area contributed by atoms with Gasteiger partial charge in [-0.3, -0.25) is 4.98 Å². The maximum absolute atomic E-state index is 5.64. The first-order chi connectivity index (χ1) is 11.8. The summed E-state index contributed by atoms with van der Waals surface area (Å²) in [5.74, 6) is 1.60. The summed E-state index contributed by atoms with van der Waals surface area (Å²) in [7, 11) is 1.66. The van der Waals surface area contributed by atoms with Crippen molar-refractivity contribution >= 4 is 21.9 Å². The molecule has 0 aliphatic rings. The van der Waals surface area contributed by atoms with E-state index in [0.29, 0.717) is 13.2 Å². The predicted octanol–water partition coefficient (Wildman–Crippen LogP) is 3.80. The Kier molecular flexibility index (Phi) is 3.84. The Morgan fingerprint density at radius 2 is 1.92 bits per heavy atom. The van der Waals surface area contributed by atoms with Gasteiger partial charge < -0.3 is 14.5 Å². The minimum atomic E-state index is 0.525. The van der Waals surface area contributed by atoms with Gasteiger partial charge in [0, 0.05) is 30.3 Å². The normalized spacial score (nSPS) is 11.2. The first kappa shape index (κ1) is 14.7. The molecule has 0 bridgehead atoms. The summed E-state index contributed by atoms with van der Waals surface area (Å²) in [6, 6.07) is 16.0. The van der Waals surface area contributed by atoms with Gasteiger partial charge in [-0.25, -0.2) is 4.98 Å². The zero-order valence-electron chi connectivity index (χ0n) is 13.3. The van der Waals surface area contributed by atoms with E-state index in [1.165, 1.54) is 0 Å². The third-order valence-electron chi connectivity index (χ3n) is 3.87. The number of H-pyrrole nitrogens is 1. The van der Waals surface area contributed by atoms with E-state index >= 15 is 0 Å². The number of hydrogen-bond donors (Lipinski definition) is 1. The monoisotopic (exact) mass is 319 g/mol. The Morgan fingerprint density at radius 1 is 1.00 bits per heavy atom. The summed E-state index contributed by atoms with van der Waals surface area (Å²) in [6.07, 6.45) is 1.84. The molecule has 2 aromatic heterocycles. The van der Waals surface area contributed by atoms with Crippen molar-refractivity contribution in [2.24, 2.45) is 0 Å². The van der Waals surface area contributed by atoms with Gasteiger partial charge in [0.25, 0.3) is 0 Å². The van der Waals surface area contributed by atoms with Crippen LogP contribution in [-0.2, 0) is 4.74 Å². The minimum Gasteiger partial charge on any atom is -0.491 e. The third-order valence-corrected chi connectivity index (χ3v) is 3.87. The number of nitrogens with zero attached hydrogens (tertiary/aromatic N) is 2. The molecular formula is C19H17N3O2.